The van der Waals surface area contributed by atoms with E-state index in [1.165, 1.54) is 19.2 Å². The van der Waals surface area contributed by atoms with Crippen molar-refractivity contribution in [1.82, 2.24) is 9.80 Å². The molecule has 2 aliphatic heterocycles. The van der Waals surface area contributed by atoms with Gasteiger partial charge in [0.2, 0.25) is 5.91 Å². The summed E-state index contributed by atoms with van der Waals surface area (Å²) in [7, 11) is -1.71. The van der Waals surface area contributed by atoms with E-state index in [1.54, 1.807) is 17.0 Å². The normalized spacial score (nSPS) is 24.6. The van der Waals surface area contributed by atoms with E-state index < -0.39 is 9.84 Å². The van der Waals surface area contributed by atoms with E-state index in [-0.39, 0.29) is 41.9 Å². The van der Waals surface area contributed by atoms with Crippen LogP contribution in [0.2, 0.25) is 0 Å². The van der Waals surface area contributed by atoms with Gasteiger partial charge in [-0.1, -0.05) is 0 Å². The van der Waals surface area contributed by atoms with Crippen LogP contribution in [-0.4, -0.2) is 87.7 Å². The van der Waals surface area contributed by atoms with Crippen molar-refractivity contribution in [2.24, 2.45) is 0 Å². The largest absolute Gasteiger partial charge is 0.494 e. The number of methoxy groups -OCH3 is 1. The number of carbonyl (C=O) groups is 1. The molecule has 0 saturated carbocycles. The maximum absolute atomic E-state index is 12.9. The van der Waals surface area contributed by atoms with Crippen molar-refractivity contribution in [2.75, 3.05) is 51.5 Å². The van der Waals surface area contributed by atoms with Gasteiger partial charge < -0.3 is 14.4 Å². The van der Waals surface area contributed by atoms with Crippen LogP contribution < -0.4 is 4.74 Å². The standard InChI is InChI=1S/C18H25FN2O5S/c1-25-11-18(22)21-9-8-20(16-12-27(23,24)13-17(16)21)7-2-10-26-15-5-3-14(19)4-6-15/h3-6,16-17H,2,7-13H2,1H3. The number of carbonyl (C=O) groups excluding carboxylic acids is 1. The molecule has 2 atom stereocenters. The molecule has 0 bridgehead atoms. The Morgan fingerprint density at radius 1 is 1.19 bits per heavy atom. The quantitative estimate of drug-likeness (QED) is 0.623. The Balaban J connectivity index is 1.55. The van der Waals surface area contributed by atoms with Crippen molar-refractivity contribution in [1.29, 1.82) is 0 Å². The molecule has 0 aliphatic carbocycles. The summed E-state index contributed by atoms with van der Waals surface area (Å²) in [5, 5.41) is 0. The van der Waals surface area contributed by atoms with Crippen LogP contribution in [0.3, 0.4) is 0 Å². The summed E-state index contributed by atoms with van der Waals surface area (Å²) < 4.78 is 47.7. The number of piperazine rings is 1. The van der Waals surface area contributed by atoms with Gasteiger partial charge >= 0.3 is 0 Å². The molecule has 0 aromatic heterocycles. The Kier molecular flexibility index (Phi) is 6.33. The van der Waals surface area contributed by atoms with Gasteiger partial charge in [-0.15, -0.1) is 0 Å². The number of sulfone groups is 1. The van der Waals surface area contributed by atoms with Crippen LogP contribution in [0.4, 0.5) is 4.39 Å². The summed E-state index contributed by atoms with van der Waals surface area (Å²) in [4.78, 5) is 16.0. The summed E-state index contributed by atoms with van der Waals surface area (Å²) in [6.07, 6.45) is 0.715. The van der Waals surface area contributed by atoms with Crippen molar-refractivity contribution in [3.63, 3.8) is 0 Å². The predicted octanol–water partition coefficient (Wildman–Crippen LogP) is 0.551. The summed E-state index contributed by atoms with van der Waals surface area (Å²) >= 11 is 0. The average Bonchev–Trinajstić information content (AvgIpc) is 2.95. The first-order chi connectivity index (χ1) is 12.9. The highest BCUT2D eigenvalue weighted by molar-refractivity contribution is 7.91. The molecular weight excluding hydrogens is 375 g/mol. The molecule has 9 heteroatoms. The number of nitrogens with zero attached hydrogens (tertiary/aromatic N) is 2. The number of hydrogen-bond acceptors (Lipinski definition) is 6. The molecule has 0 N–H and O–H groups in total. The molecule has 150 valence electrons. The van der Waals surface area contributed by atoms with Crippen LogP contribution in [0.1, 0.15) is 6.42 Å². The topological polar surface area (TPSA) is 76.2 Å². The van der Waals surface area contributed by atoms with E-state index in [0.717, 1.165) is 0 Å². The SMILES string of the molecule is COCC(=O)N1CCN(CCCOc2ccc(F)cc2)C2CS(=O)(=O)CC21. The lowest BCUT2D eigenvalue weighted by Crippen LogP contribution is -2.61. The Morgan fingerprint density at radius 3 is 2.59 bits per heavy atom. The molecule has 2 aliphatic rings. The number of amides is 1. The van der Waals surface area contributed by atoms with Crippen molar-refractivity contribution < 1.29 is 27.1 Å². The van der Waals surface area contributed by atoms with Gasteiger partial charge in [-0.3, -0.25) is 9.69 Å². The molecule has 1 amide bonds. The molecule has 2 saturated heterocycles. The molecular formula is C18H25FN2O5S. The zero-order chi connectivity index (χ0) is 19.4. The summed E-state index contributed by atoms with van der Waals surface area (Å²) in [6, 6.07) is 5.35. The minimum atomic E-state index is -3.16. The number of benzene rings is 1. The highest BCUT2D eigenvalue weighted by atomic mass is 32.2. The maximum Gasteiger partial charge on any atom is 0.248 e. The van der Waals surface area contributed by atoms with Crippen molar-refractivity contribution in [3.8, 4) is 5.75 Å². The molecule has 2 heterocycles. The Hall–Kier alpha value is -1.71. The predicted molar refractivity (Wildman–Crippen MR) is 97.9 cm³/mol. The number of halogens is 1. The summed E-state index contributed by atoms with van der Waals surface area (Å²) in [5.41, 5.74) is 0. The lowest BCUT2D eigenvalue weighted by atomic mass is 10.0. The average molecular weight is 400 g/mol. The van der Waals surface area contributed by atoms with Crippen molar-refractivity contribution in [2.45, 2.75) is 18.5 Å². The Bertz CT molecular complexity index is 756. The van der Waals surface area contributed by atoms with Gasteiger partial charge in [0, 0.05) is 32.8 Å². The molecule has 2 fully saturated rings. The smallest absolute Gasteiger partial charge is 0.248 e. The molecule has 1 aromatic rings. The fourth-order valence-electron chi connectivity index (χ4n) is 3.81. The second-order valence-electron chi connectivity index (χ2n) is 6.92. The van der Waals surface area contributed by atoms with Gasteiger partial charge in [0.1, 0.15) is 18.2 Å². The number of ether oxygens (including phenoxy) is 2. The van der Waals surface area contributed by atoms with Gasteiger partial charge in [-0.2, -0.15) is 0 Å². The lowest BCUT2D eigenvalue weighted by Gasteiger charge is -2.43. The fraction of sp³-hybridized carbons (Fsp3) is 0.611. The van der Waals surface area contributed by atoms with Crippen LogP contribution >= 0.6 is 0 Å². The lowest BCUT2D eigenvalue weighted by molar-refractivity contribution is -0.141. The van der Waals surface area contributed by atoms with Crippen LogP contribution in [0.5, 0.6) is 5.75 Å². The van der Waals surface area contributed by atoms with E-state index in [1.807, 2.05) is 0 Å². The Labute approximate surface area is 158 Å². The molecule has 0 radical (unpaired) electrons. The van der Waals surface area contributed by atoms with Gasteiger partial charge in [0.15, 0.2) is 9.84 Å². The van der Waals surface area contributed by atoms with Crippen molar-refractivity contribution in [3.05, 3.63) is 30.1 Å². The monoisotopic (exact) mass is 400 g/mol. The number of rotatable bonds is 7. The molecule has 27 heavy (non-hydrogen) atoms. The fourth-order valence-corrected chi connectivity index (χ4v) is 5.82. The molecule has 1 aromatic carbocycles. The Morgan fingerprint density at radius 2 is 1.89 bits per heavy atom. The third-order valence-electron chi connectivity index (χ3n) is 5.05. The van der Waals surface area contributed by atoms with E-state index in [4.69, 9.17) is 9.47 Å². The summed E-state index contributed by atoms with van der Waals surface area (Å²) in [5.74, 6) is 0.219. The second-order valence-corrected chi connectivity index (χ2v) is 9.08. The first kappa shape index (κ1) is 20.0. The van der Waals surface area contributed by atoms with Gasteiger partial charge in [-0.05, 0) is 30.7 Å². The molecule has 3 rings (SSSR count). The van der Waals surface area contributed by atoms with Gasteiger partial charge in [0.05, 0.1) is 24.2 Å². The molecule has 0 spiro atoms. The van der Waals surface area contributed by atoms with Crippen LogP contribution in [-0.2, 0) is 19.4 Å². The van der Waals surface area contributed by atoms with Crippen LogP contribution in [0.25, 0.3) is 0 Å². The van der Waals surface area contributed by atoms with Crippen LogP contribution in [0, 0.1) is 5.82 Å². The van der Waals surface area contributed by atoms with Gasteiger partial charge in [0.25, 0.3) is 0 Å². The minimum absolute atomic E-state index is 0.00962. The summed E-state index contributed by atoms with van der Waals surface area (Å²) in [6.45, 7) is 2.23. The van der Waals surface area contributed by atoms with Gasteiger partial charge in [-0.25, -0.2) is 12.8 Å². The third kappa shape index (κ3) is 4.97. The zero-order valence-electron chi connectivity index (χ0n) is 15.3. The van der Waals surface area contributed by atoms with Crippen LogP contribution in [0.15, 0.2) is 24.3 Å². The minimum Gasteiger partial charge on any atom is -0.494 e. The first-order valence-electron chi connectivity index (χ1n) is 9.01. The number of fused-ring (bicyclic) bond motifs is 1. The van der Waals surface area contributed by atoms with E-state index >= 15 is 0 Å². The first-order valence-corrected chi connectivity index (χ1v) is 10.8. The van der Waals surface area contributed by atoms with E-state index in [2.05, 4.69) is 4.90 Å². The highest BCUT2D eigenvalue weighted by Gasteiger charge is 2.47. The third-order valence-corrected chi connectivity index (χ3v) is 6.75. The van der Waals surface area contributed by atoms with E-state index in [0.29, 0.717) is 38.4 Å². The number of hydrogen-bond donors (Lipinski definition) is 0. The molecule has 2 unspecified atom stereocenters. The maximum atomic E-state index is 12.9. The second kappa shape index (κ2) is 8.53. The molecule has 7 nitrogen and oxygen atoms in total. The van der Waals surface area contributed by atoms with E-state index in [9.17, 15) is 17.6 Å². The van der Waals surface area contributed by atoms with Crippen molar-refractivity contribution >= 4 is 15.7 Å². The zero-order valence-corrected chi connectivity index (χ0v) is 16.2. The highest BCUT2D eigenvalue weighted by Crippen LogP contribution is 2.27.